The second-order valence-electron chi connectivity index (χ2n) is 5.89. The standard InChI is InChI=1S/C15H12N2O5/c1-15-7-6-10(22-15)11-12(15)14(19)16(13(11)18)8-4-2-3-5-9(8)17(20)21/h2-7,10-12H,1H3/t10-,11-,12-,15+/m1/s1. The summed E-state index contributed by atoms with van der Waals surface area (Å²) in [6.07, 6.45) is 3.15. The highest BCUT2D eigenvalue weighted by molar-refractivity contribution is 6.24. The molecule has 2 bridgehead atoms. The van der Waals surface area contributed by atoms with Crippen LogP contribution in [0.2, 0.25) is 0 Å². The summed E-state index contributed by atoms with van der Waals surface area (Å²) in [5, 5.41) is 11.2. The highest BCUT2D eigenvalue weighted by Crippen LogP contribution is 2.52. The molecule has 4 atom stereocenters. The Kier molecular flexibility index (Phi) is 2.40. The van der Waals surface area contributed by atoms with Crippen molar-refractivity contribution in [3.63, 3.8) is 0 Å². The van der Waals surface area contributed by atoms with Crippen LogP contribution in [0.3, 0.4) is 0 Å². The third kappa shape index (κ3) is 1.43. The van der Waals surface area contributed by atoms with Crippen LogP contribution in [0.4, 0.5) is 11.4 Å². The van der Waals surface area contributed by atoms with Gasteiger partial charge in [-0.1, -0.05) is 24.3 Å². The van der Waals surface area contributed by atoms with Gasteiger partial charge >= 0.3 is 0 Å². The highest BCUT2D eigenvalue weighted by Gasteiger charge is 2.66. The van der Waals surface area contributed by atoms with Gasteiger partial charge in [0.2, 0.25) is 11.8 Å². The predicted octanol–water partition coefficient (Wildman–Crippen LogP) is 1.43. The third-order valence-corrected chi connectivity index (χ3v) is 4.65. The Morgan fingerprint density at radius 2 is 2.00 bits per heavy atom. The first-order valence-electron chi connectivity index (χ1n) is 6.92. The van der Waals surface area contributed by atoms with Crippen molar-refractivity contribution in [3.8, 4) is 0 Å². The maximum Gasteiger partial charge on any atom is 0.293 e. The lowest BCUT2D eigenvalue weighted by molar-refractivity contribution is -0.384. The number of hydrogen-bond acceptors (Lipinski definition) is 5. The van der Waals surface area contributed by atoms with E-state index in [1.807, 2.05) is 0 Å². The van der Waals surface area contributed by atoms with Crippen LogP contribution in [0, 0.1) is 22.0 Å². The molecular formula is C15H12N2O5. The molecule has 7 nitrogen and oxygen atoms in total. The van der Waals surface area contributed by atoms with Gasteiger partial charge in [-0.2, -0.15) is 0 Å². The van der Waals surface area contributed by atoms with E-state index in [1.54, 1.807) is 25.1 Å². The van der Waals surface area contributed by atoms with Crippen LogP contribution < -0.4 is 4.90 Å². The summed E-state index contributed by atoms with van der Waals surface area (Å²) in [5.74, 6) is -2.07. The monoisotopic (exact) mass is 300 g/mol. The number of anilines is 1. The smallest absolute Gasteiger partial charge is 0.293 e. The summed E-state index contributed by atoms with van der Waals surface area (Å²) in [6.45, 7) is 1.77. The molecule has 0 spiro atoms. The molecule has 0 aliphatic carbocycles. The molecule has 1 aromatic carbocycles. The van der Waals surface area contributed by atoms with Crippen molar-refractivity contribution in [2.75, 3.05) is 4.90 Å². The maximum atomic E-state index is 12.7. The minimum absolute atomic E-state index is 0.0277. The number of fused-ring (bicyclic) bond motifs is 5. The Bertz CT molecular complexity index is 758. The summed E-state index contributed by atoms with van der Waals surface area (Å²) < 4.78 is 5.72. The van der Waals surface area contributed by atoms with Gasteiger partial charge in [-0.15, -0.1) is 0 Å². The number of carbonyl (C=O) groups is 2. The molecule has 3 aliphatic heterocycles. The number of amides is 2. The molecule has 0 radical (unpaired) electrons. The Balaban J connectivity index is 1.82. The normalized spacial score (nSPS) is 35.3. The van der Waals surface area contributed by atoms with E-state index < -0.39 is 40.3 Å². The lowest BCUT2D eigenvalue weighted by atomic mass is 9.78. The average molecular weight is 300 g/mol. The van der Waals surface area contributed by atoms with Gasteiger partial charge in [0, 0.05) is 6.07 Å². The number of ether oxygens (including phenoxy) is 1. The number of nitro groups is 1. The lowest BCUT2D eigenvalue weighted by Crippen LogP contribution is -2.38. The van der Waals surface area contributed by atoms with Crippen molar-refractivity contribution < 1.29 is 19.2 Å². The molecule has 0 unspecified atom stereocenters. The molecule has 4 rings (SSSR count). The zero-order chi connectivity index (χ0) is 15.6. The van der Waals surface area contributed by atoms with E-state index in [4.69, 9.17) is 4.74 Å². The molecule has 2 saturated heterocycles. The van der Waals surface area contributed by atoms with Crippen LogP contribution >= 0.6 is 0 Å². The SMILES string of the molecule is C[C@@]12C=C[C@@H](O1)[C@H]1C(=O)N(c3ccccc3[N+](=O)[O-])C(=O)[C@@H]12. The van der Waals surface area contributed by atoms with Crippen molar-refractivity contribution in [1.82, 2.24) is 0 Å². The number of benzene rings is 1. The number of rotatable bonds is 2. The van der Waals surface area contributed by atoms with Gasteiger partial charge in [-0.3, -0.25) is 19.7 Å². The van der Waals surface area contributed by atoms with Crippen LogP contribution in [-0.4, -0.2) is 28.4 Å². The van der Waals surface area contributed by atoms with Gasteiger partial charge < -0.3 is 4.74 Å². The van der Waals surface area contributed by atoms with Gasteiger partial charge in [0.25, 0.3) is 5.69 Å². The lowest BCUT2D eigenvalue weighted by Gasteiger charge is -2.23. The fourth-order valence-electron chi connectivity index (χ4n) is 3.70. The second kappa shape index (κ2) is 4.01. The molecule has 0 N–H and O–H groups in total. The second-order valence-corrected chi connectivity index (χ2v) is 5.89. The molecule has 3 heterocycles. The fourth-order valence-corrected chi connectivity index (χ4v) is 3.70. The number of nitro benzene ring substituents is 1. The summed E-state index contributed by atoms with van der Waals surface area (Å²) in [7, 11) is 0. The number of para-hydroxylation sites is 2. The zero-order valence-corrected chi connectivity index (χ0v) is 11.6. The molecule has 3 aliphatic rings. The van der Waals surface area contributed by atoms with Crippen molar-refractivity contribution in [1.29, 1.82) is 0 Å². The summed E-state index contributed by atoms with van der Waals surface area (Å²) in [4.78, 5) is 36.9. The number of hydrogen-bond donors (Lipinski definition) is 0. The Hall–Kier alpha value is -2.54. The Morgan fingerprint density at radius 1 is 1.27 bits per heavy atom. The predicted molar refractivity (Wildman–Crippen MR) is 75.0 cm³/mol. The average Bonchev–Trinajstić information content (AvgIpc) is 3.08. The number of carbonyl (C=O) groups excluding carboxylic acids is 2. The van der Waals surface area contributed by atoms with E-state index >= 15 is 0 Å². The Morgan fingerprint density at radius 3 is 2.68 bits per heavy atom. The van der Waals surface area contributed by atoms with Crippen LogP contribution in [0.5, 0.6) is 0 Å². The van der Waals surface area contributed by atoms with Gasteiger partial charge in [0.05, 0.1) is 28.5 Å². The first-order chi connectivity index (χ1) is 10.4. The maximum absolute atomic E-state index is 12.7. The highest BCUT2D eigenvalue weighted by atomic mass is 16.6. The van der Waals surface area contributed by atoms with Crippen molar-refractivity contribution in [3.05, 3.63) is 46.5 Å². The number of imide groups is 1. The van der Waals surface area contributed by atoms with Crippen LogP contribution in [-0.2, 0) is 14.3 Å². The van der Waals surface area contributed by atoms with Gasteiger partial charge in [0.15, 0.2) is 0 Å². The van der Waals surface area contributed by atoms with Gasteiger partial charge in [-0.05, 0) is 13.0 Å². The topological polar surface area (TPSA) is 89.8 Å². The first kappa shape index (κ1) is 13.1. The molecule has 2 fully saturated rings. The van der Waals surface area contributed by atoms with E-state index in [-0.39, 0.29) is 11.4 Å². The quantitative estimate of drug-likeness (QED) is 0.357. The van der Waals surface area contributed by atoms with E-state index in [1.165, 1.54) is 18.2 Å². The molecular weight excluding hydrogens is 288 g/mol. The molecule has 0 aromatic heterocycles. The van der Waals surface area contributed by atoms with Crippen molar-refractivity contribution in [2.24, 2.45) is 11.8 Å². The minimum Gasteiger partial charge on any atom is -0.362 e. The first-order valence-corrected chi connectivity index (χ1v) is 6.92. The van der Waals surface area contributed by atoms with Crippen LogP contribution in [0.15, 0.2) is 36.4 Å². The van der Waals surface area contributed by atoms with E-state index in [9.17, 15) is 19.7 Å². The molecule has 112 valence electrons. The summed E-state index contributed by atoms with van der Waals surface area (Å²) >= 11 is 0. The van der Waals surface area contributed by atoms with E-state index in [0.717, 1.165) is 4.90 Å². The third-order valence-electron chi connectivity index (χ3n) is 4.65. The van der Waals surface area contributed by atoms with E-state index in [2.05, 4.69) is 0 Å². The fraction of sp³-hybridized carbons (Fsp3) is 0.333. The largest absolute Gasteiger partial charge is 0.362 e. The summed E-state index contributed by atoms with van der Waals surface area (Å²) in [5.41, 5.74) is -1.03. The zero-order valence-electron chi connectivity index (χ0n) is 11.6. The minimum atomic E-state index is -0.805. The molecule has 7 heteroatoms. The van der Waals surface area contributed by atoms with Gasteiger partial charge in [-0.25, -0.2) is 4.90 Å². The number of nitrogens with zero attached hydrogens (tertiary/aromatic N) is 2. The molecule has 2 amide bonds. The van der Waals surface area contributed by atoms with Crippen molar-refractivity contribution in [2.45, 2.75) is 18.6 Å². The molecule has 1 aromatic rings. The van der Waals surface area contributed by atoms with Crippen LogP contribution in [0.1, 0.15) is 6.92 Å². The van der Waals surface area contributed by atoms with E-state index in [0.29, 0.717) is 0 Å². The molecule has 0 saturated carbocycles. The van der Waals surface area contributed by atoms with Gasteiger partial charge in [0.1, 0.15) is 5.69 Å². The Labute approximate surface area is 125 Å². The van der Waals surface area contributed by atoms with Crippen LogP contribution in [0.25, 0.3) is 0 Å². The van der Waals surface area contributed by atoms with Crippen molar-refractivity contribution >= 4 is 23.2 Å². The summed E-state index contributed by atoms with van der Waals surface area (Å²) in [6, 6.07) is 5.79. The molecule has 22 heavy (non-hydrogen) atoms.